The van der Waals surface area contributed by atoms with Crippen molar-refractivity contribution in [1.82, 2.24) is 4.90 Å². The number of carbonyl (C=O) groups is 2. The average Bonchev–Trinajstić information content (AvgIpc) is 2.29. The van der Waals surface area contributed by atoms with Gasteiger partial charge >= 0.3 is 12.1 Å². The summed E-state index contributed by atoms with van der Waals surface area (Å²) in [6.45, 7) is 0.725. The molecule has 1 saturated heterocycles. The van der Waals surface area contributed by atoms with Crippen molar-refractivity contribution in [2.24, 2.45) is 5.41 Å². The normalized spacial score (nSPS) is 19.2. The van der Waals surface area contributed by atoms with Crippen LogP contribution in [-0.4, -0.2) is 48.1 Å². The van der Waals surface area contributed by atoms with E-state index in [0.717, 1.165) is 0 Å². The molecule has 1 N–H and O–H groups in total. The zero-order valence-electron chi connectivity index (χ0n) is 9.24. The SMILES string of the molecule is COC(=O)C1(CCCl)CCN(C(=O)O)CC1. The van der Waals surface area contributed by atoms with Crippen molar-refractivity contribution >= 4 is 23.7 Å². The van der Waals surface area contributed by atoms with Crippen LogP contribution < -0.4 is 0 Å². The lowest BCUT2D eigenvalue weighted by atomic mass is 9.76. The fourth-order valence-corrected chi connectivity index (χ4v) is 2.44. The first-order chi connectivity index (χ1) is 7.55. The highest BCUT2D eigenvalue weighted by molar-refractivity contribution is 6.18. The molecule has 0 unspecified atom stereocenters. The van der Waals surface area contributed by atoms with Crippen LogP contribution in [0.1, 0.15) is 19.3 Å². The van der Waals surface area contributed by atoms with Crippen LogP contribution in [0.4, 0.5) is 4.79 Å². The van der Waals surface area contributed by atoms with Crippen molar-refractivity contribution in [3.63, 3.8) is 0 Å². The van der Waals surface area contributed by atoms with Gasteiger partial charge in [0.05, 0.1) is 12.5 Å². The van der Waals surface area contributed by atoms with Crippen molar-refractivity contribution in [3.8, 4) is 0 Å². The van der Waals surface area contributed by atoms with Gasteiger partial charge in [-0.15, -0.1) is 11.6 Å². The maximum Gasteiger partial charge on any atom is 0.407 e. The summed E-state index contributed by atoms with van der Waals surface area (Å²) < 4.78 is 4.78. The van der Waals surface area contributed by atoms with E-state index in [9.17, 15) is 9.59 Å². The smallest absolute Gasteiger partial charge is 0.407 e. The number of hydrogen-bond acceptors (Lipinski definition) is 3. The van der Waals surface area contributed by atoms with Gasteiger partial charge in [-0.3, -0.25) is 4.79 Å². The molecule has 1 aliphatic rings. The molecule has 1 aliphatic heterocycles. The van der Waals surface area contributed by atoms with Gasteiger partial charge in [-0.1, -0.05) is 0 Å². The van der Waals surface area contributed by atoms with Crippen molar-refractivity contribution in [2.45, 2.75) is 19.3 Å². The van der Waals surface area contributed by atoms with Crippen LogP contribution >= 0.6 is 11.6 Å². The van der Waals surface area contributed by atoms with Gasteiger partial charge in [-0.2, -0.15) is 0 Å². The van der Waals surface area contributed by atoms with Crippen LogP contribution in [0.3, 0.4) is 0 Å². The molecule has 1 rings (SSSR count). The summed E-state index contributed by atoms with van der Waals surface area (Å²) in [5, 5.41) is 8.82. The number of methoxy groups -OCH3 is 1. The fraction of sp³-hybridized carbons (Fsp3) is 0.800. The first-order valence-electron chi connectivity index (χ1n) is 5.18. The zero-order chi connectivity index (χ0) is 12.2. The molecule has 5 nitrogen and oxygen atoms in total. The topological polar surface area (TPSA) is 66.8 Å². The number of carboxylic acid groups (broad SMARTS) is 1. The molecule has 6 heteroatoms. The summed E-state index contributed by atoms with van der Waals surface area (Å²) in [4.78, 5) is 23.8. The highest BCUT2D eigenvalue weighted by Crippen LogP contribution is 2.36. The fourth-order valence-electron chi connectivity index (χ4n) is 2.08. The molecule has 16 heavy (non-hydrogen) atoms. The predicted octanol–water partition coefficient (Wildman–Crippen LogP) is 1.55. The van der Waals surface area contributed by atoms with Crippen LogP contribution in [0.2, 0.25) is 0 Å². The minimum Gasteiger partial charge on any atom is -0.469 e. The van der Waals surface area contributed by atoms with Crippen LogP contribution in [0, 0.1) is 5.41 Å². The van der Waals surface area contributed by atoms with Gasteiger partial charge < -0.3 is 14.7 Å². The third-order valence-corrected chi connectivity index (χ3v) is 3.37. The highest BCUT2D eigenvalue weighted by Gasteiger charge is 2.42. The summed E-state index contributed by atoms with van der Waals surface area (Å²) in [6, 6.07) is 0. The molecule has 0 aromatic rings. The molecule has 0 aliphatic carbocycles. The van der Waals surface area contributed by atoms with Gasteiger partial charge in [0.1, 0.15) is 0 Å². The van der Waals surface area contributed by atoms with Gasteiger partial charge in [-0.25, -0.2) is 4.79 Å². The molecule has 1 heterocycles. The molecule has 0 aromatic carbocycles. The highest BCUT2D eigenvalue weighted by atomic mass is 35.5. The molecule has 1 amide bonds. The number of amides is 1. The second-order valence-electron chi connectivity index (χ2n) is 3.98. The van der Waals surface area contributed by atoms with Crippen LogP contribution in [0.25, 0.3) is 0 Å². The van der Waals surface area contributed by atoms with Crippen LogP contribution in [0.15, 0.2) is 0 Å². The molecule has 92 valence electrons. The summed E-state index contributed by atoms with van der Waals surface area (Å²) in [5.74, 6) is 0.0977. The van der Waals surface area contributed by atoms with Gasteiger partial charge in [0, 0.05) is 19.0 Å². The number of alkyl halides is 1. The largest absolute Gasteiger partial charge is 0.469 e. The Kier molecular flexibility index (Phi) is 4.41. The molecule has 0 spiro atoms. The zero-order valence-corrected chi connectivity index (χ0v) is 10.00. The van der Waals surface area contributed by atoms with E-state index in [1.165, 1.54) is 12.0 Å². The van der Waals surface area contributed by atoms with E-state index in [2.05, 4.69) is 0 Å². The number of hydrogen-bond donors (Lipinski definition) is 1. The minimum atomic E-state index is -0.940. The van der Waals surface area contributed by atoms with Crippen LogP contribution in [0.5, 0.6) is 0 Å². The number of piperidine rings is 1. The lowest BCUT2D eigenvalue weighted by Crippen LogP contribution is -2.46. The number of nitrogens with zero attached hydrogens (tertiary/aromatic N) is 1. The summed E-state index contributed by atoms with van der Waals surface area (Å²) in [5.41, 5.74) is -0.595. The Labute approximate surface area is 99.3 Å². The lowest BCUT2D eigenvalue weighted by molar-refractivity contribution is -0.155. The van der Waals surface area contributed by atoms with E-state index in [1.54, 1.807) is 0 Å². The molecule has 0 aromatic heterocycles. The molecule has 1 fully saturated rings. The molecular formula is C10H16ClNO4. The van der Waals surface area contributed by atoms with E-state index in [4.69, 9.17) is 21.4 Å². The van der Waals surface area contributed by atoms with Crippen molar-refractivity contribution < 1.29 is 19.4 Å². The number of carbonyl (C=O) groups excluding carboxylic acids is 1. The third-order valence-electron chi connectivity index (χ3n) is 3.18. The van der Waals surface area contributed by atoms with Crippen LogP contribution in [-0.2, 0) is 9.53 Å². The Morgan fingerprint density at radius 3 is 2.38 bits per heavy atom. The van der Waals surface area contributed by atoms with E-state index in [-0.39, 0.29) is 5.97 Å². The number of ether oxygens (including phenoxy) is 1. The van der Waals surface area contributed by atoms with E-state index < -0.39 is 11.5 Å². The Balaban J connectivity index is 2.69. The molecule has 0 atom stereocenters. The monoisotopic (exact) mass is 249 g/mol. The number of halogens is 1. The lowest BCUT2D eigenvalue weighted by Gasteiger charge is -2.38. The number of esters is 1. The van der Waals surface area contributed by atoms with Gasteiger partial charge in [0.2, 0.25) is 0 Å². The Bertz CT molecular complexity index is 274. The van der Waals surface area contributed by atoms with E-state index in [1.807, 2.05) is 0 Å². The van der Waals surface area contributed by atoms with Crippen molar-refractivity contribution in [3.05, 3.63) is 0 Å². The first kappa shape index (κ1) is 13.1. The van der Waals surface area contributed by atoms with E-state index >= 15 is 0 Å². The molecule has 0 bridgehead atoms. The quantitative estimate of drug-likeness (QED) is 0.609. The third kappa shape index (κ3) is 2.58. The first-order valence-corrected chi connectivity index (χ1v) is 5.71. The minimum absolute atomic E-state index is 0.279. The van der Waals surface area contributed by atoms with Crippen molar-refractivity contribution in [1.29, 1.82) is 0 Å². The summed E-state index contributed by atoms with van der Waals surface area (Å²) >= 11 is 5.69. The van der Waals surface area contributed by atoms with E-state index in [0.29, 0.717) is 38.2 Å². The predicted molar refractivity (Wildman–Crippen MR) is 58.6 cm³/mol. The maximum absolute atomic E-state index is 11.7. The Hall–Kier alpha value is -0.970. The van der Waals surface area contributed by atoms with Gasteiger partial charge in [0.25, 0.3) is 0 Å². The Morgan fingerprint density at radius 2 is 2.00 bits per heavy atom. The summed E-state index contributed by atoms with van der Waals surface area (Å²) in [7, 11) is 1.35. The van der Waals surface area contributed by atoms with Crippen molar-refractivity contribution in [2.75, 3.05) is 26.1 Å². The van der Waals surface area contributed by atoms with Gasteiger partial charge in [0.15, 0.2) is 0 Å². The average molecular weight is 250 g/mol. The Morgan fingerprint density at radius 1 is 1.44 bits per heavy atom. The maximum atomic E-state index is 11.7. The summed E-state index contributed by atoms with van der Waals surface area (Å²) in [6.07, 6.45) is 0.566. The standard InChI is InChI=1S/C10H16ClNO4/c1-16-8(13)10(2-5-11)3-6-12(7-4-10)9(14)15/h2-7H2,1H3,(H,14,15). The molecule has 0 radical (unpaired) electrons. The second kappa shape index (κ2) is 5.39. The molecule has 0 saturated carbocycles. The number of likely N-dealkylation sites (tertiary alicyclic amines) is 1. The van der Waals surface area contributed by atoms with Gasteiger partial charge in [-0.05, 0) is 19.3 Å². The number of rotatable bonds is 3. The molecular weight excluding hydrogens is 234 g/mol. The second-order valence-corrected chi connectivity index (χ2v) is 4.36.